The van der Waals surface area contributed by atoms with E-state index in [4.69, 9.17) is 10.5 Å². The number of piperazine rings is 1. The lowest BCUT2D eigenvalue weighted by molar-refractivity contribution is -0.148. The fourth-order valence-electron chi connectivity index (χ4n) is 4.37. The molecule has 0 aliphatic carbocycles. The van der Waals surface area contributed by atoms with Gasteiger partial charge in [-0.1, -0.05) is 0 Å². The Labute approximate surface area is 152 Å². The first-order valence-electron chi connectivity index (χ1n) is 9.09. The predicted molar refractivity (Wildman–Crippen MR) is 93.9 cm³/mol. The zero-order valence-corrected chi connectivity index (χ0v) is 15.1. The fourth-order valence-corrected chi connectivity index (χ4v) is 4.37. The maximum Gasteiger partial charge on any atom is 0.254 e. The van der Waals surface area contributed by atoms with E-state index in [9.17, 15) is 14.0 Å². The van der Waals surface area contributed by atoms with Crippen LogP contribution >= 0.6 is 0 Å². The SMILES string of the molecule is CC1(C)CCC(C(=O)N2C[C@@H]3C[C@H]2CN3C(=O)c2ccc(F)c(N)c2)O1. The van der Waals surface area contributed by atoms with E-state index in [1.165, 1.54) is 18.2 Å². The van der Waals surface area contributed by atoms with E-state index in [1.807, 2.05) is 18.7 Å². The topological polar surface area (TPSA) is 75.9 Å². The number of nitrogens with zero attached hydrogens (tertiary/aromatic N) is 2. The van der Waals surface area contributed by atoms with Crippen LogP contribution in [0.25, 0.3) is 0 Å². The molecule has 2 bridgehead atoms. The van der Waals surface area contributed by atoms with Gasteiger partial charge in [-0.15, -0.1) is 0 Å². The summed E-state index contributed by atoms with van der Waals surface area (Å²) in [5.41, 5.74) is 5.68. The average molecular weight is 361 g/mol. The second kappa shape index (κ2) is 5.94. The Hall–Kier alpha value is -2.15. The number of anilines is 1. The third-order valence-corrected chi connectivity index (χ3v) is 5.77. The number of carbonyl (C=O) groups is 2. The number of hydrogen-bond donors (Lipinski definition) is 1. The number of ether oxygens (including phenoxy) is 1. The van der Waals surface area contributed by atoms with Crippen LogP contribution in [0.5, 0.6) is 0 Å². The minimum absolute atomic E-state index is 0.00265. The van der Waals surface area contributed by atoms with E-state index in [1.54, 1.807) is 4.90 Å². The van der Waals surface area contributed by atoms with E-state index in [0.717, 1.165) is 19.3 Å². The Morgan fingerprint density at radius 1 is 1.23 bits per heavy atom. The van der Waals surface area contributed by atoms with E-state index >= 15 is 0 Å². The quantitative estimate of drug-likeness (QED) is 0.815. The number of nitrogen functional groups attached to an aromatic ring is 1. The number of hydrogen-bond acceptors (Lipinski definition) is 4. The summed E-state index contributed by atoms with van der Waals surface area (Å²) in [6.07, 6.45) is 2.04. The van der Waals surface area contributed by atoms with Gasteiger partial charge in [-0.05, 0) is 51.3 Å². The lowest BCUT2D eigenvalue weighted by Gasteiger charge is -2.35. The molecular weight excluding hydrogens is 337 g/mol. The van der Waals surface area contributed by atoms with Crippen molar-refractivity contribution >= 4 is 17.5 Å². The van der Waals surface area contributed by atoms with Crippen molar-refractivity contribution in [2.24, 2.45) is 0 Å². The van der Waals surface area contributed by atoms with Crippen LogP contribution in [0.1, 0.15) is 43.5 Å². The monoisotopic (exact) mass is 361 g/mol. The first kappa shape index (κ1) is 17.3. The van der Waals surface area contributed by atoms with Crippen LogP contribution in [0.2, 0.25) is 0 Å². The number of nitrogens with two attached hydrogens (primary N) is 1. The maximum absolute atomic E-state index is 13.3. The Morgan fingerprint density at radius 2 is 1.92 bits per heavy atom. The second-order valence-corrected chi connectivity index (χ2v) is 8.13. The van der Waals surface area contributed by atoms with Crippen molar-refractivity contribution in [1.82, 2.24) is 9.80 Å². The van der Waals surface area contributed by atoms with E-state index in [2.05, 4.69) is 0 Å². The van der Waals surface area contributed by atoms with Crippen molar-refractivity contribution in [1.29, 1.82) is 0 Å². The molecule has 2 N–H and O–H groups in total. The zero-order chi connectivity index (χ0) is 18.6. The van der Waals surface area contributed by atoms with Gasteiger partial charge in [0.25, 0.3) is 11.8 Å². The summed E-state index contributed by atoms with van der Waals surface area (Å²) in [5.74, 6) is -0.642. The molecular formula is C19H24FN3O3. The molecule has 7 heteroatoms. The highest BCUT2D eigenvalue weighted by molar-refractivity contribution is 5.96. The van der Waals surface area contributed by atoms with Gasteiger partial charge in [0.05, 0.1) is 23.4 Å². The standard InChI is InChI=1S/C19H24FN3O3/c1-19(2)6-5-16(26-19)18(25)23-10-12-8-13(23)9-22(12)17(24)11-3-4-14(20)15(21)7-11/h3-4,7,12-13,16H,5-6,8-10,21H2,1-2H3/t12-,13-,16?/m0/s1. The third kappa shape index (κ3) is 2.84. The van der Waals surface area contributed by atoms with Gasteiger partial charge in [0.1, 0.15) is 11.9 Å². The van der Waals surface area contributed by atoms with Gasteiger partial charge in [0.2, 0.25) is 0 Å². The number of benzene rings is 1. The molecule has 3 atom stereocenters. The van der Waals surface area contributed by atoms with E-state index in [0.29, 0.717) is 18.7 Å². The normalized spacial score (nSPS) is 29.4. The third-order valence-electron chi connectivity index (χ3n) is 5.77. The largest absolute Gasteiger partial charge is 0.396 e. The Kier molecular flexibility index (Phi) is 3.95. The first-order chi connectivity index (χ1) is 12.2. The van der Waals surface area contributed by atoms with Gasteiger partial charge in [-0.3, -0.25) is 9.59 Å². The Morgan fingerprint density at radius 3 is 2.50 bits per heavy atom. The molecule has 0 aromatic heterocycles. The Balaban J connectivity index is 1.42. The van der Waals surface area contributed by atoms with Crippen molar-refractivity contribution < 1.29 is 18.7 Å². The maximum atomic E-state index is 13.3. The van der Waals surface area contributed by atoms with Gasteiger partial charge in [0, 0.05) is 18.7 Å². The van der Waals surface area contributed by atoms with Gasteiger partial charge in [0.15, 0.2) is 0 Å². The summed E-state index contributed by atoms with van der Waals surface area (Å²) in [7, 11) is 0. The molecule has 3 heterocycles. The molecule has 3 aliphatic heterocycles. The van der Waals surface area contributed by atoms with Crippen LogP contribution in [-0.2, 0) is 9.53 Å². The summed E-state index contributed by atoms with van der Waals surface area (Å²) in [6.45, 7) is 5.05. The Bertz CT molecular complexity index is 766. The lowest BCUT2D eigenvalue weighted by Crippen LogP contribution is -2.53. The number of amides is 2. The highest BCUT2D eigenvalue weighted by atomic mass is 19.1. The zero-order valence-electron chi connectivity index (χ0n) is 15.1. The lowest BCUT2D eigenvalue weighted by atomic mass is 10.1. The minimum atomic E-state index is -0.527. The number of halogens is 1. The van der Waals surface area contributed by atoms with Crippen molar-refractivity contribution in [2.75, 3.05) is 18.8 Å². The fraction of sp³-hybridized carbons (Fsp3) is 0.579. The molecule has 1 aromatic carbocycles. The molecule has 4 rings (SSSR count). The number of carbonyl (C=O) groups excluding carboxylic acids is 2. The molecule has 140 valence electrons. The predicted octanol–water partition coefficient (Wildman–Crippen LogP) is 1.79. The molecule has 3 saturated heterocycles. The van der Waals surface area contributed by atoms with Crippen LogP contribution < -0.4 is 5.73 Å². The van der Waals surface area contributed by atoms with Crippen molar-refractivity contribution in [3.63, 3.8) is 0 Å². The molecule has 0 saturated carbocycles. The molecule has 26 heavy (non-hydrogen) atoms. The highest BCUT2D eigenvalue weighted by Gasteiger charge is 2.49. The smallest absolute Gasteiger partial charge is 0.254 e. The molecule has 2 amide bonds. The number of rotatable bonds is 2. The second-order valence-electron chi connectivity index (χ2n) is 8.13. The summed E-state index contributed by atoms with van der Waals surface area (Å²) in [6, 6.07) is 4.07. The highest BCUT2D eigenvalue weighted by Crippen LogP contribution is 2.36. The molecule has 3 fully saturated rings. The molecule has 1 aromatic rings. The van der Waals surface area contributed by atoms with Gasteiger partial charge >= 0.3 is 0 Å². The summed E-state index contributed by atoms with van der Waals surface area (Å²) < 4.78 is 19.2. The van der Waals surface area contributed by atoms with Crippen LogP contribution in [0, 0.1) is 5.82 Å². The average Bonchev–Trinajstić information content (AvgIpc) is 3.29. The molecule has 3 aliphatic rings. The molecule has 1 unspecified atom stereocenters. The van der Waals surface area contributed by atoms with Gasteiger partial charge in [-0.25, -0.2) is 4.39 Å². The van der Waals surface area contributed by atoms with Crippen LogP contribution in [0.15, 0.2) is 18.2 Å². The summed E-state index contributed by atoms with van der Waals surface area (Å²) >= 11 is 0. The summed E-state index contributed by atoms with van der Waals surface area (Å²) in [5, 5.41) is 0. The van der Waals surface area contributed by atoms with Crippen LogP contribution in [0.3, 0.4) is 0 Å². The number of likely N-dealkylation sites (tertiary alicyclic amines) is 2. The van der Waals surface area contributed by atoms with Crippen molar-refractivity contribution in [2.45, 2.75) is 56.9 Å². The molecule has 0 spiro atoms. The van der Waals surface area contributed by atoms with Crippen LogP contribution in [0.4, 0.5) is 10.1 Å². The first-order valence-corrected chi connectivity index (χ1v) is 9.09. The molecule has 6 nitrogen and oxygen atoms in total. The van der Waals surface area contributed by atoms with Gasteiger partial charge in [-0.2, -0.15) is 0 Å². The van der Waals surface area contributed by atoms with E-state index in [-0.39, 0.29) is 41.3 Å². The molecule has 0 radical (unpaired) electrons. The summed E-state index contributed by atoms with van der Waals surface area (Å²) in [4.78, 5) is 29.2. The van der Waals surface area contributed by atoms with Crippen molar-refractivity contribution in [3.8, 4) is 0 Å². The minimum Gasteiger partial charge on any atom is -0.396 e. The number of fused-ring (bicyclic) bond motifs is 2. The van der Waals surface area contributed by atoms with Crippen LogP contribution in [-0.4, -0.2) is 58.5 Å². The van der Waals surface area contributed by atoms with E-state index < -0.39 is 5.82 Å². The van der Waals surface area contributed by atoms with Crippen molar-refractivity contribution in [3.05, 3.63) is 29.6 Å². The van der Waals surface area contributed by atoms with Gasteiger partial charge < -0.3 is 20.3 Å².